The van der Waals surface area contributed by atoms with Crippen LogP contribution in [0.2, 0.25) is 0 Å². The van der Waals surface area contributed by atoms with Gasteiger partial charge in [-0.25, -0.2) is 8.78 Å². The standard InChI is InChI=1S/C27H35F2N3O4/c1-2-19-4-3-5-20(12-19)17-30-18-25(33)24(15-21-13-22(28)16-23(29)14-21)31-26(34)6-7-27(35)32-8-10-36-11-9-32/h3-5,12-14,16,24-25,30,33H,2,6-11,15,17-18H2,1H3,(H,31,34)/t24?,25-/m0/s1. The molecule has 3 N–H and O–H groups in total. The van der Waals surface area contributed by atoms with E-state index >= 15 is 0 Å². The number of nitrogens with zero attached hydrogens (tertiary/aromatic N) is 1. The lowest BCUT2D eigenvalue weighted by molar-refractivity contribution is -0.137. The summed E-state index contributed by atoms with van der Waals surface area (Å²) in [4.78, 5) is 26.7. The fraction of sp³-hybridized carbons (Fsp3) is 0.481. The number of aliphatic hydroxyl groups excluding tert-OH is 1. The average molecular weight is 504 g/mol. The van der Waals surface area contributed by atoms with E-state index in [4.69, 9.17) is 4.74 Å². The summed E-state index contributed by atoms with van der Waals surface area (Å²) < 4.78 is 32.7. The number of halogens is 2. The van der Waals surface area contributed by atoms with E-state index in [-0.39, 0.29) is 31.7 Å². The largest absolute Gasteiger partial charge is 0.390 e. The predicted molar refractivity (Wildman–Crippen MR) is 132 cm³/mol. The van der Waals surface area contributed by atoms with E-state index in [0.717, 1.165) is 18.1 Å². The lowest BCUT2D eigenvalue weighted by Gasteiger charge is -2.27. The highest BCUT2D eigenvalue weighted by Crippen LogP contribution is 2.13. The average Bonchev–Trinajstić information content (AvgIpc) is 2.87. The fourth-order valence-corrected chi connectivity index (χ4v) is 4.20. The summed E-state index contributed by atoms with van der Waals surface area (Å²) in [5, 5.41) is 16.8. The van der Waals surface area contributed by atoms with Crippen LogP contribution in [0.3, 0.4) is 0 Å². The Balaban J connectivity index is 1.58. The summed E-state index contributed by atoms with van der Waals surface area (Å²) in [5.41, 5.74) is 2.59. The second kappa shape index (κ2) is 14.0. The van der Waals surface area contributed by atoms with Crippen LogP contribution in [0.4, 0.5) is 8.78 Å². The van der Waals surface area contributed by atoms with Crippen LogP contribution in [0.25, 0.3) is 0 Å². The lowest BCUT2D eigenvalue weighted by Crippen LogP contribution is -2.49. The van der Waals surface area contributed by atoms with Gasteiger partial charge in [0, 0.05) is 45.1 Å². The number of carbonyl (C=O) groups is 2. The molecule has 196 valence electrons. The quantitative estimate of drug-likeness (QED) is 0.414. The van der Waals surface area contributed by atoms with E-state index in [1.54, 1.807) is 4.90 Å². The van der Waals surface area contributed by atoms with E-state index in [9.17, 15) is 23.5 Å². The van der Waals surface area contributed by atoms with Crippen LogP contribution in [0.1, 0.15) is 36.5 Å². The van der Waals surface area contributed by atoms with Gasteiger partial charge in [-0.15, -0.1) is 0 Å². The van der Waals surface area contributed by atoms with Crippen molar-refractivity contribution in [3.8, 4) is 0 Å². The molecule has 2 aromatic rings. The molecular formula is C27H35F2N3O4. The number of hydrogen-bond donors (Lipinski definition) is 3. The second-order valence-electron chi connectivity index (χ2n) is 9.02. The molecular weight excluding hydrogens is 468 g/mol. The maximum Gasteiger partial charge on any atom is 0.223 e. The first-order chi connectivity index (χ1) is 17.3. The zero-order valence-electron chi connectivity index (χ0n) is 20.6. The Morgan fingerprint density at radius 2 is 1.72 bits per heavy atom. The van der Waals surface area contributed by atoms with Gasteiger partial charge in [0.2, 0.25) is 11.8 Å². The van der Waals surface area contributed by atoms with Gasteiger partial charge in [-0.3, -0.25) is 9.59 Å². The molecule has 1 heterocycles. The van der Waals surface area contributed by atoms with Crippen LogP contribution < -0.4 is 10.6 Å². The molecule has 0 aliphatic carbocycles. The number of benzene rings is 2. The van der Waals surface area contributed by atoms with Crippen molar-refractivity contribution in [2.45, 2.75) is 51.3 Å². The van der Waals surface area contributed by atoms with Gasteiger partial charge in [0.1, 0.15) is 11.6 Å². The number of hydrogen-bond acceptors (Lipinski definition) is 5. The number of aryl methyl sites for hydroxylation is 1. The van der Waals surface area contributed by atoms with E-state index in [1.807, 2.05) is 18.2 Å². The predicted octanol–water partition coefficient (Wildman–Crippen LogP) is 2.34. The third-order valence-electron chi connectivity index (χ3n) is 6.20. The molecule has 9 heteroatoms. The van der Waals surface area contributed by atoms with Gasteiger partial charge in [-0.2, -0.15) is 0 Å². The van der Waals surface area contributed by atoms with Crippen molar-refractivity contribution in [2.24, 2.45) is 0 Å². The summed E-state index contributed by atoms with van der Waals surface area (Å²) in [6.07, 6.45) is -0.0809. The smallest absolute Gasteiger partial charge is 0.223 e. The molecule has 2 amide bonds. The van der Waals surface area contributed by atoms with Crippen molar-refractivity contribution in [3.63, 3.8) is 0 Å². The van der Waals surface area contributed by atoms with Gasteiger partial charge in [0.05, 0.1) is 25.4 Å². The Morgan fingerprint density at radius 3 is 2.42 bits per heavy atom. The molecule has 1 aliphatic rings. The molecule has 36 heavy (non-hydrogen) atoms. The fourth-order valence-electron chi connectivity index (χ4n) is 4.20. The van der Waals surface area contributed by atoms with Crippen LogP contribution in [-0.4, -0.2) is 66.8 Å². The molecule has 0 aromatic heterocycles. The maximum absolute atomic E-state index is 13.7. The highest BCUT2D eigenvalue weighted by Gasteiger charge is 2.24. The summed E-state index contributed by atoms with van der Waals surface area (Å²) in [7, 11) is 0. The Morgan fingerprint density at radius 1 is 1.03 bits per heavy atom. The van der Waals surface area contributed by atoms with Gasteiger partial charge < -0.3 is 25.4 Å². The first kappa shape index (κ1) is 27.7. The number of morpholine rings is 1. The van der Waals surface area contributed by atoms with Crippen molar-refractivity contribution in [2.75, 3.05) is 32.8 Å². The number of amides is 2. The Kier molecular flexibility index (Phi) is 10.8. The van der Waals surface area contributed by atoms with Gasteiger partial charge in [-0.1, -0.05) is 31.2 Å². The highest BCUT2D eigenvalue weighted by atomic mass is 19.1. The third-order valence-corrected chi connectivity index (χ3v) is 6.20. The minimum atomic E-state index is -1.02. The topological polar surface area (TPSA) is 90.9 Å². The van der Waals surface area contributed by atoms with Crippen molar-refractivity contribution in [1.29, 1.82) is 0 Å². The molecule has 7 nitrogen and oxygen atoms in total. The summed E-state index contributed by atoms with van der Waals surface area (Å²) in [6.45, 7) is 4.71. The summed E-state index contributed by atoms with van der Waals surface area (Å²) >= 11 is 0. The Labute approximate surface area is 210 Å². The monoisotopic (exact) mass is 503 g/mol. The molecule has 0 saturated carbocycles. The molecule has 0 bridgehead atoms. The molecule has 1 fully saturated rings. The van der Waals surface area contributed by atoms with Crippen molar-refractivity contribution in [1.82, 2.24) is 15.5 Å². The second-order valence-corrected chi connectivity index (χ2v) is 9.02. The summed E-state index contributed by atoms with van der Waals surface area (Å²) in [5.74, 6) is -1.99. The normalized spacial score (nSPS) is 15.4. The SMILES string of the molecule is CCc1cccc(CNC[C@H](O)C(Cc2cc(F)cc(F)c2)NC(=O)CCC(=O)N2CCOCC2)c1. The molecule has 0 spiro atoms. The van der Waals surface area contributed by atoms with E-state index in [1.165, 1.54) is 17.7 Å². The first-order valence-corrected chi connectivity index (χ1v) is 12.4. The molecule has 0 radical (unpaired) electrons. The minimum Gasteiger partial charge on any atom is -0.390 e. The van der Waals surface area contributed by atoms with Crippen LogP contribution in [0, 0.1) is 11.6 Å². The first-order valence-electron chi connectivity index (χ1n) is 12.4. The van der Waals surface area contributed by atoms with E-state index < -0.39 is 29.7 Å². The van der Waals surface area contributed by atoms with Gasteiger partial charge >= 0.3 is 0 Å². The van der Waals surface area contributed by atoms with Crippen molar-refractivity contribution >= 4 is 11.8 Å². The maximum atomic E-state index is 13.7. The number of ether oxygens (including phenoxy) is 1. The minimum absolute atomic E-state index is 0.0337. The van der Waals surface area contributed by atoms with Crippen LogP contribution in [0.15, 0.2) is 42.5 Å². The van der Waals surface area contributed by atoms with Gasteiger partial charge in [-0.05, 0) is 41.7 Å². The molecule has 2 atom stereocenters. The molecule has 1 unspecified atom stereocenters. The number of aliphatic hydroxyl groups is 1. The van der Waals surface area contributed by atoms with E-state index in [0.29, 0.717) is 38.4 Å². The Bertz CT molecular complexity index is 994. The van der Waals surface area contributed by atoms with Gasteiger partial charge in [0.15, 0.2) is 0 Å². The highest BCUT2D eigenvalue weighted by molar-refractivity contribution is 5.84. The zero-order valence-corrected chi connectivity index (χ0v) is 20.6. The van der Waals surface area contributed by atoms with Crippen LogP contribution in [-0.2, 0) is 33.7 Å². The molecule has 2 aromatic carbocycles. The molecule has 3 rings (SSSR count). The molecule has 1 saturated heterocycles. The van der Waals surface area contributed by atoms with Crippen LogP contribution >= 0.6 is 0 Å². The van der Waals surface area contributed by atoms with Gasteiger partial charge in [0.25, 0.3) is 0 Å². The van der Waals surface area contributed by atoms with Crippen molar-refractivity contribution in [3.05, 3.63) is 70.8 Å². The summed E-state index contributed by atoms with van der Waals surface area (Å²) in [6, 6.07) is 10.4. The Hall–Kier alpha value is -2.88. The number of nitrogens with one attached hydrogen (secondary N) is 2. The van der Waals surface area contributed by atoms with E-state index in [2.05, 4.69) is 23.6 Å². The number of carbonyl (C=O) groups excluding carboxylic acids is 2. The lowest BCUT2D eigenvalue weighted by atomic mass is 10.00. The third kappa shape index (κ3) is 8.96. The zero-order chi connectivity index (χ0) is 25.9. The number of rotatable bonds is 12. The van der Waals surface area contributed by atoms with Crippen molar-refractivity contribution < 1.29 is 28.2 Å². The van der Waals surface area contributed by atoms with Crippen LogP contribution in [0.5, 0.6) is 0 Å². The molecule has 1 aliphatic heterocycles.